The molecule has 0 unspecified atom stereocenters. The number of rotatable bonds is 2. The molecule has 0 saturated heterocycles. The first-order valence-electron chi connectivity index (χ1n) is 4.26. The molecule has 0 aliphatic carbocycles. The fraction of sp³-hybridized carbons (Fsp3) is 0.500. The van der Waals surface area contributed by atoms with Crippen LogP contribution in [0.2, 0.25) is 0 Å². The molecule has 15 heavy (non-hydrogen) atoms. The van der Waals surface area contributed by atoms with Gasteiger partial charge in [0.1, 0.15) is 5.69 Å². The van der Waals surface area contributed by atoms with Crippen LogP contribution in [0.1, 0.15) is 16.2 Å². The van der Waals surface area contributed by atoms with Crippen molar-refractivity contribution in [1.82, 2.24) is 14.7 Å². The first-order chi connectivity index (χ1) is 6.86. The molecule has 1 heterocycles. The summed E-state index contributed by atoms with van der Waals surface area (Å²) < 4.78 is 1.33. The highest BCUT2D eigenvalue weighted by Gasteiger charge is 2.29. The van der Waals surface area contributed by atoms with Crippen LogP contribution in [0, 0.1) is 17.0 Å². The zero-order valence-corrected chi connectivity index (χ0v) is 9.01. The Morgan fingerprint density at radius 1 is 1.53 bits per heavy atom. The molecular formula is C8H12N4O3. The molecule has 0 bridgehead atoms. The second kappa shape index (κ2) is 3.68. The van der Waals surface area contributed by atoms with E-state index in [4.69, 9.17) is 0 Å². The lowest BCUT2D eigenvalue weighted by Crippen LogP contribution is -2.23. The Hall–Kier alpha value is -1.92. The van der Waals surface area contributed by atoms with Gasteiger partial charge < -0.3 is 4.90 Å². The van der Waals surface area contributed by atoms with Crippen molar-refractivity contribution in [2.24, 2.45) is 7.05 Å². The summed E-state index contributed by atoms with van der Waals surface area (Å²) in [6, 6.07) is 0. The summed E-state index contributed by atoms with van der Waals surface area (Å²) in [6.07, 6.45) is 0. The van der Waals surface area contributed by atoms with Gasteiger partial charge in [0.05, 0.1) is 4.92 Å². The average Bonchev–Trinajstić information content (AvgIpc) is 2.41. The Morgan fingerprint density at radius 3 is 2.47 bits per heavy atom. The molecule has 7 heteroatoms. The lowest BCUT2D eigenvalue weighted by atomic mass is 10.3. The predicted molar refractivity (Wildman–Crippen MR) is 52.6 cm³/mol. The summed E-state index contributed by atoms with van der Waals surface area (Å²) in [5.74, 6) is -0.467. The summed E-state index contributed by atoms with van der Waals surface area (Å²) in [5, 5.41) is 14.6. The van der Waals surface area contributed by atoms with Crippen molar-refractivity contribution in [3.8, 4) is 0 Å². The molecule has 0 aliphatic heterocycles. The van der Waals surface area contributed by atoms with Crippen molar-refractivity contribution in [2.75, 3.05) is 14.1 Å². The SMILES string of the molecule is Cc1c([N+](=O)[O-])c(C(=O)N(C)C)nn1C. The van der Waals surface area contributed by atoms with Gasteiger partial charge >= 0.3 is 5.69 Å². The molecule has 0 aliphatic rings. The number of carbonyl (C=O) groups excluding carboxylic acids is 1. The van der Waals surface area contributed by atoms with E-state index in [2.05, 4.69) is 5.10 Å². The fourth-order valence-electron chi connectivity index (χ4n) is 1.17. The fourth-order valence-corrected chi connectivity index (χ4v) is 1.17. The molecular weight excluding hydrogens is 200 g/mol. The van der Waals surface area contributed by atoms with Crippen LogP contribution in [0.25, 0.3) is 0 Å². The number of aryl methyl sites for hydroxylation is 1. The van der Waals surface area contributed by atoms with E-state index in [9.17, 15) is 14.9 Å². The lowest BCUT2D eigenvalue weighted by molar-refractivity contribution is -0.385. The van der Waals surface area contributed by atoms with E-state index in [1.807, 2.05) is 0 Å². The number of nitrogens with zero attached hydrogens (tertiary/aromatic N) is 4. The smallest absolute Gasteiger partial charge is 0.322 e. The third kappa shape index (κ3) is 1.80. The van der Waals surface area contributed by atoms with Crippen LogP contribution in [-0.4, -0.2) is 39.6 Å². The van der Waals surface area contributed by atoms with Gasteiger partial charge in [-0.1, -0.05) is 0 Å². The molecule has 1 amide bonds. The monoisotopic (exact) mass is 212 g/mol. The summed E-state index contributed by atoms with van der Waals surface area (Å²) in [4.78, 5) is 23.0. The van der Waals surface area contributed by atoms with E-state index < -0.39 is 10.8 Å². The zero-order chi connectivity index (χ0) is 11.7. The second-order valence-corrected chi connectivity index (χ2v) is 3.36. The highest BCUT2D eigenvalue weighted by molar-refractivity contribution is 5.96. The van der Waals surface area contributed by atoms with Crippen LogP contribution in [0.4, 0.5) is 5.69 Å². The average molecular weight is 212 g/mol. The van der Waals surface area contributed by atoms with E-state index in [-0.39, 0.29) is 11.4 Å². The van der Waals surface area contributed by atoms with Gasteiger partial charge in [-0.25, -0.2) is 0 Å². The highest BCUT2D eigenvalue weighted by atomic mass is 16.6. The standard InChI is InChI=1S/C8H12N4O3/c1-5-7(12(14)15)6(9-11(5)4)8(13)10(2)3/h1-4H3. The maximum absolute atomic E-state index is 11.6. The molecule has 0 fully saturated rings. The largest absolute Gasteiger partial charge is 0.343 e. The van der Waals surface area contributed by atoms with Crippen LogP contribution in [-0.2, 0) is 7.05 Å². The van der Waals surface area contributed by atoms with Crippen LogP contribution < -0.4 is 0 Å². The third-order valence-corrected chi connectivity index (χ3v) is 2.09. The van der Waals surface area contributed by atoms with Gasteiger partial charge in [0, 0.05) is 21.1 Å². The minimum atomic E-state index is -0.584. The summed E-state index contributed by atoms with van der Waals surface area (Å²) in [7, 11) is 4.61. The molecule has 0 radical (unpaired) electrons. The molecule has 1 aromatic rings. The van der Waals surface area contributed by atoms with E-state index in [1.54, 1.807) is 14.0 Å². The van der Waals surface area contributed by atoms with Crippen LogP contribution in [0.3, 0.4) is 0 Å². The van der Waals surface area contributed by atoms with Crippen LogP contribution >= 0.6 is 0 Å². The van der Waals surface area contributed by atoms with E-state index in [0.717, 1.165) is 0 Å². The molecule has 1 rings (SSSR count). The molecule has 0 N–H and O–H groups in total. The molecule has 0 saturated carbocycles. The Balaban J connectivity index is 3.36. The minimum absolute atomic E-state index is 0.120. The van der Waals surface area contributed by atoms with Crippen molar-refractivity contribution >= 4 is 11.6 Å². The van der Waals surface area contributed by atoms with Gasteiger partial charge in [-0.3, -0.25) is 19.6 Å². The van der Waals surface area contributed by atoms with Gasteiger partial charge in [-0.15, -0.1) is 0 Å². The lowest BCUT2D eigenvalue weighted by Gasteiger charge is -2.06. The maximum atomic E-state index is 11.6. The minimum Gasteiger partial charge on any atom is -0.343 e. The molecule has 7 nitrogen and oxygen atoms in total. The van der Waals surface area contributed by atoms with Crippen LogP contribution in [0.5, 0.6) is 0 Å². The molecule has 0 spiro atoms. The van der Waals surface area contributed by atoms with Gasteiger partial charge in [-0.2, -0.15) is 5.10 Å². The van der Waals surface area contributed by atoms with Crippen molar-refractivity contribution < 1.29 is 9.72 Å². The van der Waals surface area contributed by atoms with Gasteiger partial charge in [0.2, 0.25) is 5.69 Å². The van der Waals surface area contributed by atoms with Crippen molar-refractivity contribution in [3.05, 3.63) is 21.5 Å². The second-order valence-electron chi connectivity index (χ2n) is 3.36. The Kier molecular flexibility index (Phi) is 2.74. The number of nitro groups is 1. The van der Waals surface area contributed by atoms with E-state index in [0.29, 0.717) is 5.69 Å². The first kappa shape index (κ1) is 11.2. The van der Waals surface area contributed by atoms with Gasteiger partial charge in [0.25, 0.3) is 5.91 Å². The quantitative estimate of drug-likeness (QED) is 0.522. The number of amides is 1. The first-order valence-corrected chi connectivity index (χ1v) is 4.26. The summed E-state index contributed by atoms with van der Waals surface area (Å²) >= 11 is 0. The third-order valence-electron chi connectivity index (χ3n) is 2.09. The number of hydrogen-bond donors (Lipinski definition) is 0. The highest BCUT2D eigenvalue weighted by Crippen LogP contribution is 2.22. The molecule has 1 aromatic heterocycles. The molecule has 0 atom stereocenters. The number of carbonyl (C=O) groups is 1. The molecule has 82 valence electrons. The van der Waals surface area contributed by atoms with Gasteiger partial charge in [0.15, 0.2) is 0 Å². The Morgan fingerprint density at radius 2 is 2.07 bits per heavy atom. The number of hydrogen-bond acceptors (Lipinski definition) is 4. The van der Waals surface area contributed by atoms with Crippen molar-refractivity contribution in [1.29, 1.82) is 0 Å². The number of aromatic nitrogens is 2. The maximum Gasteiger partial charge on any atom is 0.322 e. The zero-order valence-electron chi connectivity index (χ0n) is 9.01. The van der Waals surface area contributed by atoms with Crippen LogP contribution in [0.15, 0.2) is 0 Å². The van der Waals surface area contributed by atoms with E-state index in [1.165, 1.54) is 23.7 Å². The topological polar surface area (TPSA) is 81.3 Å². The Labute approximate surface area is 86.4 Å². The summed E-state index contributed by atoms with van der Waals surface area (Å²) in [5.41, 5.74) is 0.0198. The predicted octanol–water partition coefficient (Wildman–Crippen LogP) is 0.339. The van der Waals surface area contributed by atoms with Crippen molar-refractivity contribution in [2.45, 2.75) is 6.92 Å². The Bertz CT molecular complexity index is 422. The summed E-state index contributed by atoms with van der Waals surface area (Å²) in [6.45, 7) is 1.55. The normalized spacial score (nSPS) is 10.1. The van der Waals surface area contributed by atoms with Gasteiger partial charge in [-0.05, 0) is 6.92 Å². The molecule has 0 aromatic carbocycles. The van der Waals surface area contributed by atoms with Crippen molar-refractivity contribution in [3.63, 3.8) is 0 Å². The van der Waals surface area contributed by atoms with E-state index >= 15 is 0 Å².